The third-order valence-electron chi connectivity index (χ3n) is 5.34. The Morgan fingerprint density at radius 3 is 2.31 bits per heavy atom. The van der Waals surface area contributed by atoms with Crippen LogP contribution in [-0.2, 0) is 14.3 Å². The van der Waals surface area contributed by atoms with Crippen LogP contribution in [0.5, 0.6) is 0 Å². The standard InChI is InChI=1S/C23H44N2O4/c1-4-5-6-7-8-10-13-21(14-15-22(26)28-20(2)3)29-23(27)24-16-19-25-17-11-9-12-18-25/h20-21H,4-19H2,1-3H3,(H,24,27). The Morgan fingerprint density at radius 2 is 1.62 bits per heavy atom. The molecule has 6 heteroatoms. The summed E-state index contributed by atoms with van der Waals surface area (Å²) in [7, 11) is 0. The van der Waals surface area contributed by atoms with E-state index in [1.54, 1.807) is 0 Å². The van der Waals surface area contributed by atoms with E-state index >= 15 is 0 Å². The second-order valence-corrected chi connectivity index (χ2v) is 8.49. The summed E-state index contributed by atoms with van der Waals surface area (Å²) in [5, 5.41) is 2.88. The molecular weight excluding hydrogens is 368 g/mol. The number of carbonyl (C=O) groups is 2. The fourth-order valence-electron chi connectivity index (χ4n) is 3.71. The zero-order valence-electron chi connectivity index (χ0n) is 19.0. The van der Waals surface area contributed by atoms with Gasteiger partial charge in [0, 0.05) is 19.5 Å². The van der Waals surface area contributed by atoms with Crippen molar-refractivity contribution in [1.29, 1.82) is 0 Å². The van der Waals surface area contributed by atoms with Gasteiger partial charge in [0.05, 0.1) is 6.10 Å². The molecule has 1 N–H and O–H groups in total. The first-order valence-electron chi connectivity index (χ1n) is 11.9. The molecule has 1 aliphatic heterocycles. The van der Waals surface area contributed by atoms with Crippen molar-refractivity contribution in [3.8, 4) is 0 Å². The van der Waals surface area contributed by atoms with E-state index in [9.17, 15) is 9.59 Å². The Balaban J connectivity index is 2.31. The predicted octanol–water partition coefficient (Wildman–Crippen LogP) is 5.05. The number of piperidine rings is 1. The molecule has 1 fully saturated rings. The number of hydrogen-bond acceptors (Lipinski definition) is 5. The maximum absolute atomic E-state index is 12.2. The molecule has 0 radical (unpaired) electrons. The summed E-state index contributed by atoms with van der Waals surface area (Å²) < 4.78 is 10.9. The molecule has 1 aliphatic rings. The van der Waals surface area contributed by atoms with Gasteiger partial charge in [-0.1, -0.05) is 45.4 Å². The number of nitrogens with zero attached hydrogens (tertiary/aromatic N) is 1. The number of carbonyl (C=O) groups excluding carboxylic acids is 2. The molecule has 0 aliphatic carbocycles. The molecular formula is C23H44N2O4. The first-order valence-corrected chi connectivity index (χ1v) is 11.9. The van der Waals surface area contributed by atoms with Gasteiger partial charge in [0.25, 0.3) is 0 Å². The minimum atomic E-state index is -0.366. The molecule has 0 aromatic rings. The van der Waals surface area contributed by atoms with Crippen molar-refractivity contribution in [3.05, 3.63) is 0 Å². The topological polar surface area (TPSA) is 67.9 Å². The molecule has 1 rings (SSSR count). The lowest BCUT2D eigenvalue weighted by Crippen LogP contribution is -2.38. The first kappa shape index (κ1) is 25.7. The second-order valence-electron chi connectivity index (χ2n) is 8.49. The van der Waals surface area contributed by atoms with Crippen molar-refractivity contribution in [3.63, 3.8) is 0 Å². The molecule has 1 atom stereocenters. The van der Waals surface area contributed by atoms with Gasteiger partial charge in [0.15, 0.2) is 0 Å². The monoisotopic (exact) mass is 412 g/mol. The Kier molecular flexibility index (Phi) is 14.6. The van der Waals surface area contributed by atoms with Crippen molar-refractivity contribution in [1.82, 2.24) is 10.2 Å². The number of esters is 1. The lowest BCUT2D eigenvalue weighted by Gasteiger charge is -2.26. The smallest absolute Gasteiger partial charge is 0.407 e. The fraction of sp³-hybridized carbons (Fsp3) is 0.913. The quantitative estimate of drug-likeness (QED) is 0.301. The first-order chi connectivity index (χ1) is 14.0. The maximum Gasteiger partial charge on any atom is 0.407 e. The number of hydrogen-bond donors (Lipinski definition) is 1. The normalized spacial score (nSPS) is 15.9. The number of alkyl carbamates (subject to hydrolysis) is 1. The van der Waals surface area contributed by atoms with E-state index in [2.05, 4.69) is 17.1 Å². The molecule has 0 aromatic carbocycles. The molecule has 1 amide bonds. The van der Waals surface area contributed by atoms with E-state index < -0.39 is 0 Å². The highest BCUT2D eigenvalue weighted by molar-refractivity contribution is 5.70. The number of nitrogens with one attached hydrogen (secondary N) is 1. The van der Waals surface area contributed by atoms with E-state index in [1.165, 1.54) is 44.9 Å². The van der Waals surface area contributed by atoms with Crippen LogP contribution >= 0.6 is 0 Å². The molecule has 29 heavy (non-hydrogen) atoms. The van der Waals surface area contributed by atoms with Crippen LogP contribution in [0, 0.1) is 0 Å². The summed E-state index contributed by atoms with van der Waals surface area (Å²) in [5.74, 6) is -0.220. The van der Waals surface area contributed by atoms with Gasteiger partial charge in [0.1, 0.15) is 6.10 Å². The van der Waals surface area contributed by atoms with Crippen LogP contribution in [0.15, 0.2) is 0 Å². The van der Waals surface area contributed by atoms with Crippen molar-refractivity contribution >= 4 is 12.1 Å². The van der Waals surface area contributed by atoms with E-state index in [4.69, 9.17) is 9.47 Å². The van der Waals surface area contributed by atoms with Gasteiger partial charge in [-0.05, 0) is 59.0 Å². The van der Waals surface area contributed by atoms with Crippen molar-refractivity contribution in [2.24, 2.45) is 0 Å². The summed E-state index contributed by atoms with van der Waals surface area (Å²) in [6, 6.07) is 0. The maximum atomic E-state index is 12.2. The highest BCUT2D eigenvalue weighted by atomic mass is 16.6. The van der Waals surface area contributed by atoms with Gasteiger partial charge in [-0.2, -0.15) is 0 Å². The SMILES string of the molecule is CCCCCCCCC(CCC(=O)OC(C)C)OC(=O)NCCN1CCCCC1. The number of unbranched alkanes of at least 4 members (excludes halogenated alkanes) is 5. The zero-order valence-corrected chi connectivity index (χ0v) is 19.0. The molecule has 1 heterocycles. The van der Waals surface area contributed by atoms with Crippen molar-refractivity contribution < 1.29 is 19.1 Å². The van der Waals surface area contributed by atoms with Crippen molar-refractivity contribution in [2.45, 2.75) is 110 Å². The molecule has 0 aromatic heterocycles. The average Bonchev–Trinajstić information content (AvgIpc) is 2.69. The Bertz CT molecular complexity index is 437. The molecule has 0 saturated carbocycles. The van der Waals surface area contributed by atoms with Crippen molar-refractivity contribution in [2.75, 3.05) is 26.2 Å². The molecule has 1 unspecified atom stereocenters. The molecule has 170 valence electrons. The van der Waals surface area contributed by atoms with Crippen LogP contribution in [-0.4, -0.2) is 55.3 Å². The lowest BCUT2D eigenvalue weighted by molar-refractivity contribution is -0.148. The largest absolute Gasteiger partial charge is 0.463 e. The van der Waals surface area contributed by atoms with Gasteiger partial charge in [-0.25, -0.2) is 4.79 Å². The zero-order chi connectivity index (χ0) is 21.3. The Morgan fingerprint density at radius 1 is 0.931 bits per heavy atom. The lowest BCUT2D eigenvalue weighted by atomic mass is 10.0. The Hall–Kier alpha value is -1.30. The van der Waals surface area contributed by atoms with Gasteiger partial charge >= 0.3 is 12.1 Å². The fourth-order valence-corrected chi connectivity index (χ4v) is 3.71. The molecule has 0 spiro atoms. The van der Waals surface area contributed by atoms with Crippen LogP contribution in [0.3, 0.4) is 0 Å². The van der Waals surface area contributed by atoms with Crippen LogP contribution in [0.1, 0.15) is 97.8 Å². The van der Waals surface area contributed by atoms with Gasteiger partial charge < -0.3 is 19.7 Å². The summed E-state index contributed by atoms with van der Waals surface area (Å²) in [5.41, 5.74) is 0. The van der Waals surface area contributed by atoms with Crippen LogP contribution in [0.4, 0.5) is 4.79 Å². The summed E-state index contributed by atoms with van der Waals surface area (Å²) >= 11 is 0. The van der Waals surface area contributed by atoms with Crippen LogP contribution in [0.2, 0.25) is 0 Å². The highest BCUT2D eigenvalue weighted by Crippen LogP contribution is 2.15. The van der Waals surface area contributed by atoms with E-state index in [1.807, 2.05) is 13.8 Å². The number of likely N-dealkylation sites (tertiary alicyclic amines) is 1. The van der Waals surface area contributed by atoms with E-state index in [-0.39, 0.29) is 24.3 Å². The number of ether oxygens (including phenoxy) is 2. The predicted molar refractivity (Wildman–Crippen MR) is 117 cm³/mol. The average molecular weight is 413 g/mol. The van der Waals surface area contributed by atoms with Gasteiger partial charge in [-0.15, -0.1) is 0 Å². The third kappa shape index (κ3) is 14.3. The summed E-state index contributed by atoms with van der Waals surface area (Å²) in [6.45, 7) is 9.63. The Labute approximate surface area is 178 Å². The number of rotatable bonds is 15. The highest BCUT2D eigenvalue weighted by Gasteiger charge is 2.17. The van der Waals surface area contributed by atoms with Gasteiger partial charge in [-0.3, -0.25) is 4.79 Å². The minimum Gasteiger partial charge on any atom is -0.463 e. The third-order valence-corrected chi connectivity index (χ3v) is 5.34. The summed E-state index contributed by atoms with van der Waals surface area (Å²) in [6.07, 6.45) is 11.9. The summed E-state index contributed by atoms with van der Waals surface area (Å²) in [4.78, 5) is 26.5. The van der Waals surface area contributed by atoms with E-state index in [0.29, 0.717) is 19.4 Å². The van der Waals surface area contributed by atoms with E-state index in [0.717, 1.165) is 38.9 Å². The van der Waals surface area contributed by atoms with Gasteiger partial charge in [0.2, 0.25) is 0 Å². The molecule has 6 nitrogen and oxygen atoms in total. The second kappa shape index (κ2) is 16.5. The molecule has 0 bridgehead atoms. The number of amides is 1. The van der Waals surface area contributed by atoms with Crippen LogP contribution in [0.25, 0.3) is 0 Å². The van der Waals surface area contributed by atoms with Crippen LogP contribution < -0.4 is 5.32 Å². The molecule has 1 saturated heterocycles. The minimum absolute atomic E-state index is 0.112.